The Bertz CT molecular complexity index is 460. The number of likely N-dealkylation sites (tertiary alicyclic amines) is 1. The lowest BCUT2D eigenvalue weighted by Crippen LogP contribution is -2.44. The third-order valence-corrected chi connectivity index (χ3v) is 3.81. The zero-order valence-electron chi connectivity index (χ0n) is 11.5. The van der Waals surface area contributed by atoms with E-state index < -0.39 is 0 Å². The fraction of sp³-hybridized carbons (Fsp3) is 0.500. The number of ether oxygens (including phenoxy) is 1. The van der Waals surface area contributed by atoms with Crippen molar-refractivity contribution >= 4 is 29.9 Å². The van der Waals surface area contributed by atoms with E-state index in [0.29, 0.717) is 10.8 Å². The lowest BCUT2D eigenvalue weighted by atomic mass is 10.1. The Morgan fingerprint density at radius 2 is 2.10 bits per heavy atom. The van der Waals surface area contributed by atoms with Crippen LogP contribution in [0.5, 0.6) is 5.75 Å². The minimum Gasteiger partial charge on any atom is -0.484 e. The highest BCUT2D eigenvalue weighted by molar-refractivity contribution is 6.31. The van der Waals surface area contributed by atoms with Crippen LogP contribution in [-0.4, -0.2) is 36.5 Å². The molecule has 0 atom stereocenters. The van der Waals surface area contributed by atoms with Crippen molar-refractivity contribution in [2.45, 2.75) is 25.8 Å². The van der Waals surface area contributed by atoms with Crippen LogP contribution in [0.15, 0.2) is 18.2 Å². The molecule has 6 heteroatoms. The van der Waals surface area contributed by atoms with Gasteiger partial charge in [-0.1, -0.05) is 11.6 Å². The third kappa shape index (κ3) is 4.54. The maximum absolute atomic E-state index is 12.0. The van der Waals surface area contributed by atoms with Crippen LogP contribution in [0.1, 0.15) is 18.4 Å². The van der Waals surface area contributed by atoms with Crippen molar-refractivity contribution in [3.8, 4) is 5.75 Å². The first kappa shape index (κ1) is 17.1. The number of nitrogens with two attached hydrogens (primary N) is 1. The molecule has 20 heavy (non-hydrogen) atoms. The Labute approximate surface area is 130 Å². The predicted octanol–water partition coefficient (Wildman–Crippen LogP) is 2.40. The molecule has 1 amide bonds. The smallest absolute Gasteiger partial charge is 0.260 e. The van der Waals surface area contributed by atoms with Crippen LogP contribution in [0.4, 0.5) is 0 Å². The standard InChI is InChI=1S/C14H19ClN2O2.ClH/c1-10-8-12(2-3-13(10)15)19-9-14(18)17-6-4-11(16)5-7-17;/h2-3,8,11H,4-7,9,16H2,1H3;1H. The fourth-order valence-electron chi connectivity index (χ4n) is 2.09. The van der Waals surface area contributed by atoms with E-state index in [1.165, 1.54) is 0 Å². The molecule has 1 aromatic carbocycles. The summed E-state index contributed by atoms with van der Waals surface area (Å²) >= 11 is 5.94. The van der Waals surface area contributed by atoms with Crippen LogP contribution in [0.2, 0.25) is 5.02 Å². The van der Waals surface area contributed by atoms with Gasteiger partial charge in [0.1, 0.15) is 5.75 Å². The molecule has 4 nitrogen and oxygen atoms in total. The van der Waals surface area contributed by atoms with Gasteiger partial charge in [0.05, 0.1) is 0 Å². The van der Waals surface area contributed by atoms with E-state index in [0.717, 1.165) is 31.5 Å². The number of aryl methyl sites for hydroxylation is 1. The number of rotatable bonds is 3. The molecule has 112 valence electrons. The summed E-state index contributed by atoms with van der Waals surface area (Å²) in [4.78, 5) is 13.8. The highest BCUT2D eigenvalue weighted by Crippen LogP contribution is 2.21. The Morgan fingerprint density at radius 3 is 2.70 bits per heavy atom. The first-order chi connectivity index (χ1) is 9.06. The molecule has 2 rings (SSSR count). The van der Waals surface area contributed by atoms with Gasteiger partial charge in [-0.15, -0.1) is 12.4 Å². The molecule has 1 heterocycles. The van der Waals surface area contributed by atoms with Crippen LogP contribution in [-0.2, 0) is 4.79 Å². The van der Waals surface area contributed by atoms with Crippen molar-refractivity contribution in [1.82, 2.24) is 4.90 Å². The summed E-state index contributed by atoms with van der Waals surface area (Å²) in [6, 6.07) is 5.61. The zero-order valence-corrected chi connectivity index (χ0v) is 13.0. The van der Waals surface area contributed by atoms with Crippen LogP contribution in [0.3, 0.4) is 0 Å². The van der Waals surface area contributed by atoms with E-state index in [4.69, 9.17) is 22.1 Å². The summed E-state index contributed by atoms with van der Waals surface area (Å²) in [5.41, 5.74) is 6.75. The van der Waals surface area contributed by atoms with Gasteiger partial charge in [-0.05, 0) is 43.5 Å². The second-order valence-corrected chi connectivity index (χ2v) is 5.33. The number of carbonyl (C=O) groups excluding carboxylic acids is 1. The molecular weight excluding hydrogens is 299 g/mol. The quantitative estimate of drug-likeness (QED) is 0.931. The lowest BCUT2D eigenvalue weighted by Gasteiger charge is -2.30. The van der Waals surface area contributed by atoms with Gasteiger partial charge < -0.3 is 15.4 Å². The van der Waals surface area contributed by atoms with Gasteiger partial charge in [0.25, 0.3) is 5.91 Å². The van der Waals surface area contributed by atoms with E-state index in [-0.39, 0.29) is 31.0 Å². The molecule has 0 aliphatic carbocycles. The molecule has 0 bridgehead atoms. The molecule has 2 N–H and O–H groups in total. The summed E-state index contributed by atoms with van der Waals surface area (Å²) in [6.45, 7) is 3.42. The van der Waals surface area contributed by atoms with Gasteiger partial charge in [-0.2, -0.15) is 0 Å². The van der Waals surface area contributed by atoms with Crippen LogP contribution in [0.25, 0.3) is 0 Å². The number of piperidine rings is 1. The van der Waals surface area contributed by atoms with E-state index in [9.17, 15) is 4.79 Å². The number of amides is 1. The topological polar surface area (TPSA) is 55.6 Å². The van der Waals surface area contributed by atoms with E-state index in [1.54, 1.807) is 12.1 Å². The van der Waals surface area contributed by atoms with Crippen molar-refractivity contribution in [2.24, 2.45) is 5.73 Å². The number of hydrogen-bond acceptors (Lipinski definition) is 3. The van der Waals surface area contributed by atoms with Crippen molar-refractivity contribution in [3.63, 3.8) is 0 Å². The maximum atomic E-state index is 12.0. The first-order valence-corrected chi connectivity index (χ1v) is 6.86. The van der Waals surface area contributed by atoms with E-state index in [2.05, 4.69) is 0 Å². The summed E-state index contributed by atoms with van der Waals surface area (Å²) in [6.07, 6.45) is 1.73. The predicted molar refractivity (Wildman–Crippen MR) is 82.7 cm³/mol. The fourth-order valence-corrected chi connectivity index (χ4v) is 2.21. The molecule has 0 unspecified atom stereocenters. The second-order valence-electron chi connectivity index (χ2n) is 4.92. The molecule has 0 spiro atoms. The zero-order chi connectivity index (χ0) is 13.8. The maximum Gasteiger partial charge on any atom is 0.260 e. The second kappa shape index (κ2) is 7.72. The van der Waals surface area contributed by atoms with Crippen molar-refractivity contribution in [2.75, 3.05) is 19.7 Å². The Balaban J connectivity index is 0.00000200. The Hall–Kier alpha value is -0.970. The normalized spacial score (nSPS) is 15.7. The van der Waals surface area contributed by atoms with Gasteiger partial charge in [0.15, 0.2) is 6.61 Å². The van der Waals surface area contributed by atoms with Gasteiger partial charge >= 0.3 is 0 Å². The van der Waals surface area contributed by atoms with Crippen LogP contribution in [0, 0.1) is 6.92 Å². The highest BCUT2D eigenvalue weighted by atomic mass is 35.5. The number of benzene rings is 1. The van der Waals surface area contributed by atoms with E-state index in [1.807, 2.05) is 17.9 Å². The van der Waals surface area contributed by atoms with Gasteiger partial charge in [-0.25, -0.2) is 0 Å². The molecule has 1 aliphatic heterocycles. The molecular formula is C14H20Cl2N2O2. The number of nitrogens with zero attached hydrogens (tertiary/aromatic N) is 1. The summed E-state index contributed by atoms with van der Waals surface area (Å²) in [7, 11) is 0. The molecule has 1 saturated heterocycles. The number of hydrogen-bond donors (Lipinski definition) is 1. The summed E-state index contributed by atoms with van der Waals surface area (Å²) in [5.74, 6) is 0.684. The average Bonchev–Trinajstić information content (AvgIpc) is 2.40. The molecule has 1 fully saturated rings. The van der Waals surface area contributed by atoms with Crippen molar-refractivity contribution < 1.29 is 9.53 Å². The highest BCUT2D eigenvalue weighted by Gasteiger charge is 2.20. The SMILES string of the molecule is Cc1cc(OCC(=O)N2CCC(N)CC2)ccc1Cl.Cl. The molecule has 0 aromatic heterocycles. The van der Waals surface area contributed by atoms with Gasteiger partial charge in [0, 0.05) is 24.2 Å². The van der Waals surface area contributed by atoms with Crippen LogP contribution < -0.4 is 10.5 Å². The van der Waals surface area contributed by atoms with Crippen molar-refractivity contribution in [1.29, 1.82) is 0 Å². The monoisotopic (exact) mass is 318 g/mol. The van der Waals surface area contributed by atoms with E-state index >= 15 is 0 Å². The molecule has 1 aliphatic rings. The summed E-state index contributed by atoms with van der Waals surface area (Å²) < 4.78 is 5.50. The molecule has 1 aromatic rings. The minimum atomic E-state index is 0. The minimum absolute atomic E-state index is 0. The number of halogens is 2. The first-order valence-electron chi connectivity index (χ1n) is 6.48. The third-order valence-electron chi connectivity index (χ3n) is 3.38. The van der Waals surface area contributed by atoms with Gasteiger partial charge in [0.2, 0.25) is 0 Å². The summed E-state index contributed by atoms with van der Waals surface area (Å²) in [5, 5.41) is 0.698. The Kier molecular flexibility index (Phi) is 6.59. The molecule has 0 saturated carbocycles. The number of carbonyl (C=O) groups is 1. The Morgan fingerprint density at radius 1 is 1.45 bits per heavy atom. The van der Waals surface area contributed by atoms with Crippen LogP contribution >= 0.6 is 24.0 Å². The largest absolute Gasteiger partial charge is 0.484 e. The van der Waals surface area contributed by atoms with Gasteiger partial charge in [-0.3, -0.25) is 4.79 Å². The lowest BCUT2D eigenvalue weighted by molar-refractivity contribution is -0.134. The molecule has 0 radical (unpaired) electrons. The van der Waals surface area contributed by atoms with Crippen molar-refractivity contribution in [3.05, 3.63) is 28.8 Å². The average molecular weight is 319 g/mol.